The lowest BCUT2D eigenvalue weighted by atomic mass is 10.1. The number of aryl methyl sites for hydroxylation is 1. The van der Waals surface area contributed by atoms with E-state index < -0.39 is 0 Å². The topological polar surface area (TPSA) is 34.9 Å². The predicted octanol–water partition coefficient (Wildman–Crippen LogP) is 3.16. The number of benzene rings is 1. The van der Waals surface area contributed by atoms with Crippen LogP contribution < -0.4 is 0 Å². The van der Waals surface area contributed by atoms with E-state index in [4.69, 9.17) is 0 Å². The Morgan fingerprint density at radius 3 is 2.53 bits per heavy atom. The fourth-order valence-electron chi connectivity index (χ4n) is 1.84. The molecule has 0 amide bonds. The zero-order valence-electron chi connectivity index (χ0n) is 10.2. The van der Waals surface area contributed by atoms with Crippen molar-refractivity contribution in [3.8, 4) is 11.3 Å². The molecular weight excluding hydrogens is 212 g/mol. The number of rotatable bonds is 4. The molecule has 0 saturated carbocycles. The van der Waals surface area contributed by atoms with Crippen molar-refractivity contribution in [1.82, 2.24) is 9.78 Å². The maximum absolute atomic E-state index is 11.2. The van der Waals surface area contributed by atoms with E-state index in [-0.39, 0.29) is 5.78 Å². The monoisotopic (exact) mass is 228 g/mol. The summed E-state index contributed by atoms with van der Waals surface area (Å²) in [5, 5.41) is 4.29. The van der Waals surface area contributed by atoms with Gasteiger partial charge in [0.1, 0.15) is 0 Å². The highest BCUT2D eigenvalue weighted by Crippen LogP contribution is 2.19. The van der Waals surface area contributed by atoms with E-state index >= 15 is 0 Å². The van der Waals surface area contributed by atoms with Crippen LogP contribution in [0.3, 0.4) is 0 Å². The second kappa shape index (κ2) is 4.95. The number of ketones is 1. The van der Waals surface area contributed by atoms with E-state index in [1.165, 1.54) is 0 Å². The van der Waals surface area contributed by atoms with Gasteiger partial charge < -0.3 is 0 Å². The first-order valence-corrected chi connectivity index (χ1v) is 5.85. The molecule has 0 aliphatic heterocycles. The first-order chi connectivity index (χ1) is 8.22. The Morgan fingerprint density at radius 1 is 1.24 bits per heavy atom. The van der Waals surface area contributed by atoms with Crippen molar-refractivity contribution in [3.05, 3.63) is 42.1 Å². The molecule has 0 atom stereocenters. The van der Waals surface area contributed by atoms with E-state index in [1.807, 2.05) is 41.2 Å². The van der Waals surface area contributed by atoms with Gasteiger partial charge in [0.05, 0.1) is 5.69 Å². The predicted molar refractivity (Wildman–Crippen MR) is 68.0 cm³/mol. The van der Waals surface area contributed by atoms with E-state index in [1.54, 1.807) is 6.92 Å². The van der Waals surface area contributed by atoms with Crippen molar-refractivity contribution in [2.75, 3.05) is 0 Å². The van der Waals surface area contributed by atoms with Crippen molar-refractivity contribution < 1.29 is 4.79 Å². The van der Waals surface area contributed by atoms with Crippen LogP contribution >= 0.6 is 0 Å². The maximum atomic E-state index is 11.2. The maximum Gasteiger partial charge on any atom is 0.159 e. The standard InChI is InChI=1S/C14H16N2O/c1-3-10-16-14(8-9-15-16)13-6-4-12(5-7-13)11(2)17/h4-9H,3,10H2,1-2H3. The molecule has 0 bridgehead atoms. The minimum absolute atomic E-state index is 0.0959. The van der Waals surface area contributed by atoms with Crippen LogP contribution in [-0.4, -0.2) is 15.6 Å². The van der Waals surface area contributed by atoms with Gasteiger partial charge in [-0.1, -0.05) is 31.2 Å². The average molecular weight is 228 g/mol. The van der Waals surface area contributed by atoms with Crippen LogP contribution in [0, 0.1) is 0 Å². The van der Waals surface area contributed by atoms with E-state index in [9.17, 15) is 4.79 Å². The molecule has 0 saturated heterocycles. The number of hydrogen-bond acceptors (Lipinski definition) is 2. The third-order valence-corrected chi connectivity index (χ3v) is 2.74. The normalized spacial score (nSPS) is 10.5. The molecule has 0 aliphatic carbocycles. The number of carbonyl (C=O) groups excluding carboxylic acids is 1. The smallest absolute Gasteiger partial charge is 0.159 e. The first-order valence-electron chi connectivity index (χ1n) is 5.85. The summed E-state index contributed by atoms with van der Waals surface area (Å²) in [6, 6.07) is 9.67. The number of hydrogen-bond donors (Lipinski definition) is 0. The highest BCUT2D eigenvalue weighted by molar-refractivity contribution is 5.94. The SMILES string of the molecule is CCCn1nccc1-c1ccc(C(C)=O)cc1. The van der Waals surface area contributed by atoms with E-state index in [2.05, 4.69) is 12.0 Å². The van der Waals surface area contributed by atoms with Gasteiger partial charge >= 0.3 is 0 Å². The third kappa shape index (κ3) is 2.44. The van der Waals surface area contributed by atoms with Gasteiger partial charge in [-0.05, 0) is 25.0 Å². The van der Waals surface area contributed by atoms with E-state index in [0.717, 1.165) is 29.8 Å². The third-order valence-electron chi connectivity index (χ3n) is 2.74. The molecule has 3 nitrogen and oxygen atoms in total. The van der Waals surface area contributed by atoms with Crippen molar-refractivity contribution in [3.63, 3.8) is 0 Å². The molecule has 1 aromatic heterocycles. The molecule has 3 heteroatoms. The molecule has 0 aliphatic rings. The minimum atomic E-state index is 0.0959. The van der Waals surface area contributed by atoms with Gasteiger partial charge in [0.25, 0.3) is 0 Å². The van der Waals surface area contributed by atoms with Crippen molar-refractivity contribution in [1.29, 1.82) is 0 Å². The van der Waals surface area contributed by atoms with E-state index in [0.29, 0.717) is 0 Å². The number of nitrogens with zero attached hydrogens (tertiary/aromatic N) is 2. The lowest BCUT2D eigenvalue weighted by molar-refractivity contribution is 0.101. The summed E-state index contributed by atoms with van der Waals surface area (Å²) in [6.45, 7) is 4.62. The minimum Gasteiger partial charge on any atom is -0.295 e. The summed E-state index contributed by atoms with van der Waals surface area (Å²) in [5.74, 6) is 0.0959. The van der Waals surface area contributed by atoms with Crippen molar-refractivity contribution in [2.24, 2.45) is 0 Å². The summed E-state index contributed by atoms with van der Waals surface area (Å²) in [7, 11) is 0. The molecule has 0 radical (unpaired) electrons. The van der Waals surface area contributed by atoms with Crippen LogP contribution in [0.25, 0.3) is 11.3 Å². The number of carbonyl (C=O) groups is 1. The van der Waals surface area contributed by atoms with Crippen LogP contribution in [0.15, 0.2) is 36.5 Å². The van der Waals surface area contributed by atoms with Gasteiger partial charge in [0.15, 0.2) is 5.78 Å². The number of aromatic nitrogens is 2. The molecule has 2 rings (SSSR count). The Hall–Kier alpha value is -1.90. The van der Waals surface area contributed by atoms with Crippen molar-refractivity contribution >= 4 is 5.78 Å². The molecule has 2 aromatic rings. The lowest BCUT2D eigenvalue weighted by Crippen LogP contribution is -2.01. The summed E-state index contributed by atoms with van der Waals surface area (Å²) in [5.41, 5.74) is 2.94. The highest BCUT2D eigenvalue weighted by Gasteiger charge is 2.05. The Kier molecular flexibility index (Phi) is 3.38. The van der Waals surface area contributed by atoms with Crippen LogP contribution in [0.4, 0.5) is 0 Å². The molecule has 0 spiro atoms. The molecule has 1 aromatic carbocycles. The zero-order valence-corrected chi connectivity index (χ0v) is 10.2. The summed E-state index contributed by atoms with van der Waals surface area (Å²) < 4.78 is 1.99. The van der Waals surface area contributed by atoms with Gasteiger partial charge in [-0.3, -0.25) is 9.48 Å². The van der Waals surface area contributed by atoms with Gasteiger partial charge in [-0.2, -0.15) is 5.10 Å². The Morgan fingerprint density at radius 2 is 1.94 bits per heavy atom. The Balaban J connectivity index is 2.33. The summed E-state index contributed by atoms with van der Waals surface area (Å²) in [6.07, 6.45) is 2.87. The quantitative estimate of drug-likeness (QED) is 0.753. The van der Waals surface area contributed by atoms with Gasteiger partial charge in [-0.25, -0.2) is 0 Å². The molecular formula is C14H16N2O. The largest absolute Gasteiger partial charge is 0.295 e. The Bertz CT molecular complexity index is 511. The summed E-state index contributed by atoms with van der Waals surface area (Å²) >= 11 is 0. The average Bonchev–Trinajstić information content (AvgIpc) is 2.78. The summed E-state index contributed by atoms with van der Waals surface area (Å²) in [4.78, 5) is 11.2. The van der Waals surface area contributed by atoms with Gasteiger partial charge in [0.2, 0.25) is 0 Å². The van der Waals surface area contributed by atoms with Crippen LogP contribution in [-0.2, 0) is 6.54 Å². The van der Waals surface area contributed by atoms with Gasteiger partial charge in [0, 0.05) is 18.3 Å². The fraction of sp³-hybridized carbons (Fsp3) is 0.286. The molecule has 1 heterocycles. The second-order valence-electron chi connectivity index (χ2n) is 4.07. The van der Waals surface area contributed by atoms with Crippen LogP contribution in [0.5, 0.6) is 0 Å². The van der Waals surface area contributed by atoms with Gasteiger partial charge in [-0.15, -0.1) is 0 Å². The molecule has 88 valence electrons. The van der Waals surface area contributed by atoms with Crippen LogP contribution in [0.2, 0.25) is 0 Å². The second-order valence-corrected chi connectivity index (χ2v) is 4.07. The number of Topliss-reactive ketones (excluding diaryl/α,β-unsaturated/α-hetero) is 1. The van der Waals surface area contributed by atoms with Crippen molar-refractivity contribution in [2.45, 2.75) is 26.8 Å². The first kappa shape index (κ1) is 11.6. The zero-order chi connectivity index (χ0) is 12.3. The molecule has 0 unspecified atom stereocenters. The Labute approximate surface area is 101 Å². The molecule has 17 heavy (non-hydrogen) atoms. The molecule has 0 N–H and O–H groups in total. The highest BCUT2D eigenvalue weighted by atomic mass is 16.1. The molecule has 0 fully saturated rings. The fourth-order valence-corrected chi connectivity index (χ4v) is 1.84. The van der Waals surface area contributed by atoms with Crippen LogP contribution in [0.1, 0.15) is 30.6 Å². The lowest BCUT2D eigenvalue weighted by Gasteiger charge is -2.06.